The van der Waals surface area contributed by atoms with Crippen LogP contribution in [0, 0.1) is 5.82 Å². The van der Waals surface area contributed by atoms with Crippen molar-refractivity contribution in [3.05, 3.63) is 64.9 Å². The molecule has 0 radical (unpaired) electrons. The first-order chi connectivity index (χ1) is 8.99. The summed E-state index contributed by atoms with van der Waals surface area (Å²) in [5, 5.41) is 0.0962. The van der Waals surface area contributed by atoms with Crippen LogP contribution in [0.15, 0.2) is 57.8 Å². The van der Waals surface area contributed by atoms with E-state index in [-0.39, 0.29) is 9.92 Å². The zero-order valence-corrected chi connectivity index (χ0v) is 11.2. The third-order valence-electron chi connectivity index (χ3n) is 2.30. The lowest BCUT2D eigenvalue weighted by molar-refractivity contribution is 0.598. The van der Waals surface area contributed by atoms with Gasteiger partial charge in [0.15, 0.2) is 0 Å². The molecule has 6 heteroatoms. The van der Waals surface area contributed by atoms with Gasteiger partial charge in [0.05, 0.1) is 5.02 Å². The van der Waals surface area contributed by atoms with Crippen molar-refractivity contribution < 1.29 is 12.8 Å². The van der Waals surface area contributed by atoms with E-state index < -0.39 is 15.8 Å². The molecule has 0 spiro atoms. The van der Waals surface area contributed by atoms with Gasteiger partial charge in [0, 0.05) is 6.21 Å². The molecule has 0 bridgehead atoms. The highest BCUT2D eigenvalue weighted by Gasteiger charge is 2.15. The van der Waals surface area contributed by atoms with Gasteiger partial charge in [-0.1, -0.05) is 35.9 Å². The highest BCUT2D eigenvalue weighted by molar-refractivity contribution is 7.90. The lowest BCUT2D eigenvalue weighted by Gasteiger charge is -2.00. The van der Waals surface area contributed by atoms with Crippen molar-refractivity contribution in [2.24, 2.45) is 4.40 Å². The Morgan fingerprint density at radius 2 is 1.84 bits per heavy atom. The number of sulfonamides is 1. The second kappa shape index (κ2) is 5.50. The first-order valence-electron chi connectivity index (χ1n) is 5.29. The number of hydrogen-bond acceptors (Lipinski definition) is 2. The highest BCUT2D eigenvalue weighted by Crippen LogP contribution is 2.22. The summed E-state index contributed by atoms with van der Waals surface area (Å²) in [6.45, 7) is 0. The third-order valence-corrected chi connectivity index (χ3v) is 4.04. The van der Waals surface area contributed by atoms with Crippen molar-refractivity contribution in [1.29, 1.82) is 0 Å². The van der Waals surface area contributed by atoms with Gasteiger partial charge >= 0.3 is 0 Å². The third kappa shape index (κ3) is 3.39. The topological polar surface area (TPSA) is 46.5 Å². The van der Waals surface area contributed by atoms with Gasteiger partial charge in [0.1, 0.15) is 10.7 Å². The van der Waals surface area contributed by atoms with Crippen LogP contribution in [0.1, 0.15) is 5.56 Å². The highest BCUT2D eigenvalue weighted by atomic mass is 35.5. The van der Waals surface area contributed by atoms with E-state index in [1.54, 1.807) is 18.2 Å². The van der Waals surface area contributed by atoms with E-state index in [0.29, 0.717) is 5.56 Å². The molecule has 0 saturated carbocycles. The summed E-state index contributed by atoms with van der Waals surface area (Å²) in [6.07, 6.45) is 1.09. The summed E-state index contributed by atoms with van der Waals surface area (Å²) < 4.78 is 40.3. The van der Waals surface area contributed by atoms with Crippen molar-refractivity contribution in [1.82, 2.24) is 0 Å². The molecule has 0 aromatic heterocycles. The fourth-order valence-electron chi connectivity index (χ4n) is 1.43. The zero-order chi connectivity index (χ0) is 13.9. The van der Waals surface area contributed by atoms with Gasteiger partial charge in [0.2, 0.25) is 0 Å². The van der Waals surface area contributed by atoms with Gasteiger partial charge < -0.3 is 0 Å². The number of halogens is 2. The van der Waals surface area contributed by atoms with Crippen LogP contribution in [-0.2, 0) is 10.0 Å². The Bertz CT molecular complexity index is 729. The molecule has 0 aliphatic rings. The maximum Gasteiger partial charge on any atom is 0.283 e. The van der Waals surface area contributed by atoms with Crippen LogP contribution in [0.3, 0.4) is 0 Å². The van der Waals surface area contributed by atoms with Crippen LogP contribution >= 0.6 is 11.6 Å². The van der Waals surface area contributed by atoms with E-state index in [1.165, 1.54) is 30.3 Å². The van der Waals surface area contributed by atoms with Crippen molar-refractivity contribution in [2.45, 2.75) is 4.90 Å². The van der Waals surface area contributed by atoms with Gasteiger partial charge in [-0.25, -0.2) is 4.39 Å². The van der Waals surface area contributed by atoms with Crippen LogP contribution in [0.25, 0.3) is 0 Å². The normalized spacial score (nSPS) is 11.9. The summed E-state index contributed by atoms with van der Waals surface area (Å²) in [5.74, 6) is -0.459. The Morgan fingerprint density at radius 1 is 1.11 bits per heavy atom. The number of rotatable bonds is 3. The lowest BCUT2D eigenvalue weighted by Crippen LogP contribution is -1.98. The standard InChI is InChI=1S/C13H9ClFNO2S/c14-12-6-1-2-7-13(12)19(17,18)16-9-10-4-3-5-11(15)8-10/h1-9H. The molecule has 0 saturated heterocycles. The predicted molar refractivity (Wildman–Crippen MR) is 72.6 cm³/mol. The average Bonchev–Trinajstić information content (AvgIpc) is 2.37. The molecule has 2 aromatic carbocycles. The van der Waals surface area contributed by atoms with Gasteiger partial charge in [-0.3, -0.25) is 0 Å². The minimum absolute atomic E-state index is 0.0793. The molecule has 2 rings (SSSR count). The summed E-state index contributed by atoms with van der Waals surface area (Å²) in [6, 6.07) is 11.5. The van der Waals surface area contributed by atoms with E-state index in [0.717, 1.165) is 6.21 Å². The molecule has 0 amide bonds. The van der Waals surface area contributed by atoms with Crippen LogP contribution in [-0.4, -0.2) is 14.6 Å². The fourth-order valence-corrected chi connectivity index (χ4v) is 2.80. The molecule has 3 nitrogen and oxygen atoms in total. The van der Waals surface area contributed by atoms with Crippen LogP contribution in [0.5, 0.6) is 0 Å². The van der Waals surface area contributed by atoms with Crippen molar-refractivity contribution >= 4 is 27.8 Å². The van der Waals surface area contributed by atoms with Gasteiger partial charge in [-0.05, 0) is 29.8 Å². The Hall–Kier alpha value is -1.72. The fraction of sp³-hybridized carbons (Fsp3) is 0. The molecule has 2 aromatic rings. The first kappa shape index (κ1) is 13.7. The predicted octanol–water partition coefficient (Wildman–Crippen LogP) is 3.29. The zero-order valence-electron chi connectivity index (χ0n) is 9.62. The van der Waals surface area contributed by atoms with Crippen LogP contribution < -0.4 is 0 Å². The summed E-state index contributed by atoms with van der Waals surface area (Å²) in [7, 11) is -3.89. The van der Waals surface area contributed by atoms with Crippen molar-refractivity contribution in [3.8, 4) is 0 Å². The Labute approximate surface area is 115 Å². The average molecular weight is 298 g/mol. The van der Waals surface area contributed by atoms with E-state index in [4.69, 9.17) is 11.6 Å². The van der Waals surface area contributed by atoms with Gasteiger partial charge in [-0.15, -0.1) is 0 Å². The largest absolute Gasteiger partial charge is 0.283 e. The van der Waals surface area contributed by atoms with E-state index >= 15 is 0 Å². The smallest absolute Gasteiger partial charge is 0.207 e. The molecule has 0 fully saturated rings. The Kier molecular flexibility index (Phi) is 3.97. The molecule has 98 valence electrons. The second-order valence-electron chi connectivity index (χ2n) is 3.70. The van der Waals surface area contributed by atoms with E-state index in [2.05, 4.69) is 4.40 Å². The number of nitrogens with zero attached hydrogens (tertiary/aromatic N) is 1. The minimum Gasteiger partial charge on any atom is -0.207 e. The van der Waals surface area contributed by atoms with Crippen molar-refractivity contribution in [3.63, 3.8) is 0 Å². The molecule has 0 unspecified atom stereocenters. The molecule has 0 aliphatic carbocycles. The number of benzene rings is 2. The molecule has 0 atom stereocenters. The Morgan fingerprint density at radius 3 is 2.53 bits per heavy atom. The summed E-state index contributed by atoms with van der Waals surface area (Å²) in [5.41, 5.74) is 0.357. The van der Waals surface area contributed by atoms with Crippen LogP contribution in [0.2, 0.25) is 5.02 Å². The molecule has 19 heavy (non-hydrogen) atoms. The quantitative estimate of drug-likeness (QED) is 0.816. The monoisotopic (exact) mass is 297 g/mol. The lowest BCUT2D eigenvalue weighted by atomic mass is 10.2. The maximum absolute atomic E-state index is 12.9. The minimum atomic E-state index is -3.89. The molecule has 0 aliphatic heterocycles. The van der Waals surface area contributed by atoms with Crippen molar-refractivity contribution in [2.75, 3.05) is 0 Å². The Balaban J connectivity index is 2.35. The van der Waals surface area contributed by atoms with E-state index in [1.807, 2.05) is 0 Å². The number of hydrogen-bond donors (Lipinski definition) is 0. The molecule has 0 heterocycles. The maximum atomic E-state index is 12.9. The van der Waals surface area contributed by atoms with Gasteiger partial charge in [-0.2, -0.15) is 12.8 Å². The summed E-state index contributed by atoms with van der Waals surface area (Å²) >= 11 is 5.80. The molecular weight excluding hydrogens is 289 g/mol. The molecular formula is C13H9ClFNO2S. The van der Waals surface area contributed by atoms with E-state index in [9.17, 15) is 12.8 Å². The second-order valence-corrected chi connectivity index (χ2v) is 5.70. The summed E-state index contributed by atoms with van der Waals surface area (Å²) in [4.78, 5) is -0.0793. The molecule has 0 N–H and O–H groups in total. The van der Waals surface area contributed by atoms with Gasteiger partial charge in [0.25, 0.3) is 10.0 Å². The van der Waals surface area contributed by atoms with Crippen LogP contribution in [0.4, 0.5) is 4.39 Å². The SMILES string of the molecule is O=S(=O)(N=Cc1cccc(F)c1)c1ccccc1Cl. The first-order valence-corrected chi connectivity index (χ1v) is 7.11.